The number of carboxylic acids is 1. The second-order valence-electron chi connectivity index (χ2n) is 13.5. The van der Waals surface area contributed by atoms with Crippen molar-refractivity contribution >= 4 is 51.5 Å². The van der Waals surface area contributed by atoms with Gasteiger partial charge in [0.2, 0.25) is 0 Å². The van der Waals surface area contributed by atoms with Crippen LogP contribution < -0.4 is 19.9 Å². The van der Waals surface area contributed by atoms with E-state index >= 15 is 0 Å². The molecule has 0 saturated carbocycles. The van der Waals surface area contributed by atoms with Crippen LogP contribution in [0.25, 0.3) is 16.5 Å². The number of aromatic amines is 1. The Kier molecular flexibility index (Phi) is 7.90. The molecule has 12 heteroatoms. The number of nitrogens with zero attached hydrogens (tertiary/aromatic N) is 2. The number of rotatable bonds is 8. The first kappa shape index (κ1) is 34.1. The Morgan fingerprint density at radius 2 is 1.38 bits per heavy atom. The molecule has 12 nitrogen and oxygen atoms in total. The molecule has 1 aromatic heterocycles. The molecular formula is C44H27N3O9. The highest BCUT2D eigenvalue weighted by Crippen LogP contribution is 2.42. The van der Waals surface area contributed by atoms with Crippen LogP contribution in [0.5, 0.6) is 23.0 Å². The minimum Gasteiger partial charge on any atom is -0.478 e. The Balaban J connectivity index is 1.04. The number of ether oxygens (including phenoxy) is 2. The van der Waals surface area contributed by atoms with Crippen molar-refractivity contribution in [2.75, 3.05) is 4.90 Å². The van der Waals surface area contributed by atoms with Crippen LogP contribution >= 0.6 is 0 Å². The van der Waals surface area contributed by atoms with E-state index in [2.05, 4.69) is 9.97 Å². The number of benzene rings is 5. The maximum atomic E-state index is 14.2. The van der Waals surface area contributed by atoms with Crippen LogP contribution in [-0.2, 0) is 0 Å². The molecule has 0 bridgehead atoms. The van der Waals surface area contributed by atoms with Gasteiger partial charge < -0.3 is 19.6 Å². The van der Waals surface area contributed by atoms with E-state index in [0.717, 1.165) is 16.0 Å². The fourth-order valence-electron chi connectivity index (χ4n) is 7.25. The molecule has 0 unspecified atom stereocenters. The summed E-state index contributed by atoms with van der Waals surface area (Å²) in [6, 6.07) is 26.0. The standard InChI is InChI=1S/C44H27N3O9/c1-22-6-4-9-25(16-22)55-26-10-5-11-27(18-26)56-28-13-15-29(23-7-2-3-8-23)36(19-28)47-42(51)33-20-31-32(21-34(33)43(47)52)39(49)37(38(31)48)40-45-35-17-24(44(53)54)12-14-30(35)41(50)46-40/h2-7,9-21,37H,8H2,1H3,(H,53,54)(H,45,46,50). The van der Waals surface area contributed by atoms with E-state index in [9.17, 15) is 33.9 Å². The first-order valence-electron chi connectivity index (χ1n) is 17.5. The van der Waals surface area contributed by atoms with Crippen molar-refractivity contribution in [2.24, 2.45) is 0 Å². The number of Topliss-reactive ketones (excluding diaryl/α,β-unsaturated/α-hetero) is 2. The van der Waals surface area contributed by atoms with Gasteiger partial charge in [0.05, 0.1) is 33.3 Å². The molecule has 9 rings (SSSR count). The van der Waals surface area contributed by atoms with Crippen molar-refractivity contribution in [3.05, 3.63) is 170 Å². The second-order valence-corrected chi connectivity index (χ2v) is 13.5. The molecular weight excluding hydrogens is 714 g/mol. The highest BCUT2D eigenvalue weighted by molar-refractivity contribution is 6.37. The van der Waals surface area contributed by atoms with Crippen molar-refractivity contribution < 1.29 is 38.6 Å². The number of nitrogens with one attached hydrogen (secondary N) is 1. The number of allylic oxidation sites excluding steroid dienone is 4. The van der Waals surface area contributed by atoms with E-state index in [1.54, 1.807) is 42.5 Å². The van der Waals surface area contributed by atoms with E-state index < -0.39 is 40.8 Å². The Hall–Kier alpha value is -7.73. The lowest BCUT2D eigenvalue weighted by atomic mass is 10.0. The molecule has 272 valence electrons. The van der Waals surface area contributed by atoms with Gasteiger partial charge in [0.25, 0.3) is 17.4 Å². The quantitative estimate of drug-likeness (QED) is 0.116. The normalized spacial score (nSPS) is 14.7. The number of imide groups is 1. The summed E-state index contributed by atoms with van der Waals surface area (Å²) in [5, 5.41) is 9.49. The Morgan fingerprint density at radius 1 is 0.732 bits per heavy atom. The van der Waals surface area contributed by atoms with Crippen molar-refractivity contribution in [1.29, 1.82) is 0 Å². The van der Waals surface area contributed by atoms with Crippen LogP contribution in [0.1, 0.15) is 81.1 Å². The summed E-state index contributed by atoms with van der Waals surface area (Å²) in [4.78, 5) is 88.3. The fourth-order valence-corrected chi connectivity index (χ4v) is 7.25. The lowest BCUT2D eigenvalue weighted by molar-refractivity contribution is 0.0695. The third-order valence-corrected chi connectivity index (χ3v) is 9.92. The van der Waals surface area contributed by atoms with Gasteiger partial charge >= 0.3 is 5.97 Å². The predicted molar refractivity (Wildman–Crippen MR) is 204 cm³/mol. The Labute approximate surface area is 317 Å². The van der Waals surface area contributed by atoms with Crippen LogP contribution in [0, 0.1) is 6.92 Å². The number of anilines is 1. The second kappa shape index (κ2) is 13.0. The lowest BCUT2D eigenvalue weighted by Crippen LogP contribution is -2.30. The first-order chi connectivity index (χ1) is 27.0. The number of hydrogen-bond acceptors (Lipinski definition) is 9. The number of carboxylic acid groups (broad SMARTS) is 1. The molecule has 0 radical (unpaired) electrons. The molecule has 56 heavy (non-hydrogen) atoms. The molecule has 3 aliphatic rings. The van der Waals surface area contributed by atoms with Crippen LogP contribution in [0.15, 0.2) is 120 Å². The number of carbonyl (C=O) groups excluding carboxylic acids is 4. The Morgan fingerprint density at radius 3 is 2.00 bits per heavy atom. The average Bonchev–Trinajstić information content (AvgIpc) is 3.86. The van der Waals surface area contributed by atoms with Crippen LogP contribution in [0.3, 0.4) is 0 Å². The zero-order valence-corrected chi connectivity index (χ0v) is 29.4. The minimum atomic E-state index is -1.57. The van der Waals surface area contributed by atoms with Gasteiger partial charge in [-0.3, -0.25) is 24.0 Å². The number of amides is 2. The number of carbonyl (C=O) groups is 5. The largest absolute Gasteiger partial charge is 0.478 e. The number of H-pyrrole nitrogens is 1. The van der Waals surface area contributed by atoms with Crippen molar-refractivity contribution in [3.63, 3.8) is 0 Å². The number of hydrogen-bond donors (Lipinski definition) is 2. The monoisotopic (exact) mass is 741 g/mol. The summed E-state index contributed by atoms with van der Waals surface area (Å²) in [5.74, 6) is -3.95. The number of aromatic nitrogens is 2. The SMILES string of the molecule is Cc1cccc(Oc2cccc(Oc3ccc(C4=CC=CC4)c(N4C(=O)c5cc6c(cc5C4=O)C(=O)C(c4nc5cc(C(=O)O)ccc5c(=O)[nH]4)C6=O)c3)c2)c1. The van der Waals surface area contributed by atoms with Gasteiger partial charge in [-0.05, 0) is 91.2 Å². The Bertz CT molecular complexity index is 2850. The highest BCUT2D eigenvalue weighted by Gasteiger charge is 2.46. The van der Waals surface area contributed by atoms with Gasteiger partial charge in [-0.15, -0.1) is 0 Å². The summed E-state index contributed by atoms with van der Waals surface area (Å²) in [5.41, 5.74) is 1.62. The molecule has 0 fully saturated rings. The molecule has 0 spiro atoms. The zero-order valence-electron chi connectivity index (χ0n) is 29.4. The van der Waals surface area contributed by atoms with Gasteiger partial charge in [-0.25, -0.2) is 14.7 Å². The average molecular weight is 742 g/mol. The smallest absolute Gasteiger partial charge is 0.335 e. The molecule has 6 aromatic rings. The zero-order chi connectivity index (χ0) is 38.8. The third-order valence-electron chi connectivity index (χ3n) is 9.92. The summed E-state index contributed by atoms with van der Waals surface area (Å²) >= 11 is 0. The number of ketones is 2. The number of fused-ring (bicyclic) bond motifs is 3. The highest BCUT2D eigenvalue weighted by atomic mass is 16.5. The van der Waals surface area contributed by atoms with Crippen molar-refractivity contribution in [1.82, 2.24) is 9.97 Å². The lowest BCUT2D eigenvalue weighted by Gasteiger charge is -2.20. The maximum Gasteiger partial charge on any atom is 0.335 e. The summed E-state index contributed by atoms with van der Waals surface area (Å²) in [7, 11) is 0. The number of aromatic carboxylic acids is 1. The summed E-state index contributed by atoms with van der Waals surface area (Å²) < 4.78 is 12.3. The van der Waals surface area contributed by atoms with E-state index in [4.69, 9.17) is 9.47 Å². The third kappa shape index (κ3) is 5.67. The van der Waals surface area contributed by atoms with E-state index in [0.29, 0.717) is 35.0 Å². The maximum absolute atomic E-state index is 14.2. The van der Waals surface area contributed by atoms with E-state index in [-0.39, 0.29) is 50.2 Å². The van der Waals surface area contributed by atoms with Gasteiger partial charge in [0.1, 0.15) is 34.7 Å². The van der Waals surface area contributed by atoms with Gasteiger partial charge in [0.15, 0.2) is 11.6 Å². The molecule has 5 aromatic carbocycles. The van der Waals surface area contributed by atoms with E-state index in [1.165, 1.54) is 30.3 Å². The first-order valence-corrected chi connectivity index (χ1v) is 17.5. The fraction of sp³-hybridized carbons (Fsp3) is 0.0682. The molecule has 0 saturated heterocycles. The summed E-state index contributed by atoms with van der Waals surface area (Å²) in [6.07, 6.45) is 6.29. The van der Waals surface area contributed by atoms with Crippen LogP contribution in [0.4, 0.5) is 5.69 Å². The van der Waals surface area contributed by atoms with E-state index in [1.807, 2.05) is 49.4 Å². The topological polar surface area (TPSA) is 173 Å². The predicted octanol–water partition coefficient (Wildman–Crippen LogP) is 7.82. The van der Waals surface area contributed by atoms with Crippen LogP contribution in [0.2, 0.25) is 0 Å². The minimum absolute atomic E-state index is 0.0124. The molecule has 2 amide bonds. The van der Waals surface area contributed by atoms with Gasteiger partial charge in [-0.2, -0.15) is 0 Å². The molecule has 0 atom stereocenters. The van der Waals surface area contributed by atoms with Crippen LogP contribution in [-0.4, -0.2) is 44.4 Å². The molecule has 1 aliphatic heterocycles. The molecule has 2 N–H and O–H groups in total. The van der Waals surface area contributed by atoms with Gasteiger partial charge in [0, 0.05) is 28.8 Å². The molecule has 2 aliphatic carbocycles. The van der Waals surface area contributed by atoms with Crippen molar-refractivity contribution in [2.45, 2.75) is 19.3 Å². The number of aryl methyl sites for hydroxylation is 1. The molecule has 2 heterocycles. The summed E-state index contributed by atoms with van der Waals surface area (Å²) in [6.45, 7) is 1.97. The van der Waals surface area contributed by atoms with Crippen molar-refractivity contribution in [3.8, 4) is 23.0 Å². The van der Waals surface area contributed by atoms with Gasteiger partial charge in [-0.1, -0.05) is 36.4 Å².